The lowest BCUT2D eigenvalue weighted by molar-refractivity contribution is 0.251. The minimum absolute atomic E-state index is 0.195. The Labute approximate surface area is 134 Å². The van der Waals surface area contributed by atoms with Crippen LogP contribution in [0.2, 0.25) is 0 Å². The van der Waals surface area contributed by atoms with Crippen LogP contribution in [-0.4, -0.2) is 36.1 Å². The van der Waals surface area contributed by atoms with Crippen LogP contribution in [0.3, 0.4) is 0 Å². The lowest BCUT2D eigenvalue weighted by atomic mass is 10.1. The fourth-order valence-electron chi connectivity index (χ4n) is 3.63. The molecule has 1 fully saturated rings. The molecule has 0 unspecified atom stereocenters. The number of carbonyl (C=O) groups is 1. The lowest BCUT2D eigenvalue weighted by Gasteiger charge is -2.16. The number of nitrogens with zero attached hydrogens (tertiary/aromatic N) is 3. The molecule has 6 nitrogen and oxygen atoms in total. The molecule has 4 rings (SSSR count). The quantitative estimate of drug-likeness (QED) is 0.910. The predicted octanol–water partition coefficient (Wildman–Crippen LogP) is 2.00. The van der Waals surface area contributed by atoms with Crippen LogP contribution in [0.5, 0.6) is 0 Å². The first-order chi connectivity index (χ1) is 11.1. The number of fused-ring (bicyclic) bond motifs is 3. The fourth-order valence-corrected chi connectivity index (χ4v) is 3.63. The Morgan fingerprint density at radius 2 is 2.13 bits per heavy atom. The molecule has 2 amide bonds. The maximum absolute atomic E-state index is 12.3. The number of urea groups is 1. The zero-order valence-electron chi connectivity index (χ0n) is 13.2. The average molecular weight is 309 g/mol. The summed E-state index contributed by atoms with van der Waals surface area (Å²) >= 11 is 0. The van der Waals surface area contributed by atoms with Gasteiger partial charge in [-0.15, -0.1) is 0 Å². The smallest absolute Gasteiger partial charge is 0.319 e. The largest absolute Gasteiger partial charge is 0.361 e. The van der Waals surface area contributed by atoms with Gasteiger partial charge in [-0.3, -0.25) is 0 Å². The van der Waals surface area contributed by atoms with Gasteiger partial charge < -0.3 is 15.5 Å². The van der Waals surface area contributed by atoms with Gasteiger partial charge in [0.05, 0.1) is 6.20 Å². The van der Waals surface area contributed by atoms with Crippen molar-refractivity contribution < 1.29 is 4.79 Å². The normalized spacial score (nSPS) is 23.7. The first-order valence-corrected chi connectivity index (χ1v) is 7.78. The van der Waals surface area contributed by atoms with Gasteiger partial charge in [0.25, 0.3) is 0 Å². The van der Waals surface area contributed by atoms with Crippen molar-refractivity contribution in [2.45, 2.75) is 18.4 Å². The number of hydrogen-bond donors (Lipinski definition) is 2. The van der Waals surface area contributed by atoms with E-state index in [0.717, 1.165) is 6.42 Å². The van der Waals surface area contributed by atoms with Crippen molar-refractivity contribution in [3.8, 4) is 0 Å². The zero-order chi connectivity index (χ0) is 16.0. The van der Waals surface area contributed by atoms with Crippen molar-refractivity contribution >= 4 is 17.5 Å². The van der Waals surface area contributed by atoms with E-state index < -0.39 is 0 Å². The number of nitrogens with one attached hydrogen (secondary N) is 2. The summed E-state index contributed by atoms with van der Waals surface area (Å²) in [6.45, 7) is 0. The Morgan fingerprint density at radius 1 is 1.30 bits per heavy atom. The van der Waals surface area contributed by atoms with Crippen molar-refractivity contribution in [1.82, 2.24) is 15.3 Å². The third kappa shape index (κ3) is 2.40. The Kier molecular flexibility index (Phi) is 3.18. The summed E-state index contributed by atoms with van der Waals surface area (Å²) in [6.07, 6.45) is 4.15. The molecule has 3 atom stereocenters. The Bertz CT molecular complexity index is 760. The van der Waals surface area contributed by atoms with Crippen LogP contribution in [0.1, 0.15) is 17.0 Å². The summed E-state index contributed by atoms with van der Waals surface area (Å²) < 4.78 is 0. The van der Waals surface area contributed by atoms with Crippen LogP contribution in [-0.2, 0) is 6.42 Å². The van der Waals surface area contributed by atoms with Gasteiger partial charge in [-0.25, -0.2) is 14.8 Å². The van der Waals surface area contributed by atoms with E-state index in [0.29, 0.717) is 23.3 Å². The van der Waals surface area contributed by atoms with Crippen LogP contribution >= 0.6 is 0 Å². The second-order valence-electron chi connectivity index (χ2n) is 6.37. The molecule has 2 aliphatic rings. The standard InChI is InChI=1S/C17H19N5O/c1-22(2)16-13(8-18-9-19-16)20-17(23)21-15-12-7-10-5-3-4-6-11(10)14(12)15/h3-6,8-9,12,14-15H,7H2,1-2H3,(H2,20,21,23)/t12-,14-,15+/m0/s1. The summed E-state index contributed by atoms with van der Waals surface area (Å²) in [6, 6.07) is 8.55. The van der Waals surface area contributed by atoms with Gasteiger partial charge in [0.2, 0.25) is 0 Å². The second kappa shape index (κ2) is 5.22. The molecule has 0 spiro atoms. The fraction of sp³-hybridized carbons (Fsp3) is 0.353. The average Bonchev–Trinajstić information content (AvgIpc) is 3.04. The van der Waals surface area contributed by atoms with Crippen molar-refractivity contribution in [2.75, 3.05) is 24.3 Å². The van der Waals surface area contributed by atoms with E-state index in [2.05, 4.69) is 44.9 Å². The minimum atomic E-state index is -0.195. The predicted molar refractivity (Wildman–Crippen MR) is 88.7 cm³/mol. The van der Waals surface area contributed by atoms with E-state index in [9.17, 15) is 4.79 Å². The zero-order valence-corrected chi connectivity index (χ0v) is 13.2. The van der Waals surface area contributed by atoms with E-state index in [1.165, 1.54) is 17.5 Å². The molecule has 2 N–H and O–H groups in total. The van der Waals surface area contributed by atoms with Gasteiger partial charge in [-0.2, -0.15) is 0 Å². The van der Waals surface area contributed by atoms with Crippen LogP contribution in [0.15, 0.2) is 36.8 Å². The van der Waals surface area contributed by atoms with E-state index >= 15 is 0 Å². The number of rotatable bonds is 3. The molecule has 2 aromatic rings. The lowest BCUT2D eigenvalue weighted by Crippen LogP contribution is -2.33. The molecular formula is C17H19N5O. The molecule has 23 heavy (non-hydrogen) atoms. The topological polar surface area (TPSA) is 70.2 Å². The SMILES string of the molecule is CN(C)c1ncncc1NC(=O)N[C@@H]1[C@H]2Cc3ccccc3[C@@H]21. The number of aromatic nitrogens is 2. The summed E-state index contributed by atoms with van der Waals surface area (Å²) in [5.41, 5.74) is 3.42. The first kappa shape index (κ1) is 14.0. The third-order valence-corrected chi connectivity index (χ3v) is 4.70. The highest BCUT2D eigenvalue weighted by molar-refractivity contribution is 5.92. The van der Waals surface area contributed by atoms with Crippen LogP contribution < -0.4 is 15.5 Å². The van der Waals surface area contributed by atoms with E-state index in [-0.39, 0.29) is 12.1 Å². The summed E-state index contributed by atoms with van der Waals surface area (Å²) in [4.78, 5) is 22.3. The molecule has 118 valence electrons. The Morgan fingerprint density at radius 3 is 2.96 bits per heavy atom. The number of benzene rings is 1. The second-order valence-corrected chi connectivity index (χ2v) is 6.37. The van der Waals surface area contributed by atoms with Gasteiger partial charge in [0.1, 0.15) is 12.0 Å². The summed E-state index contributed by atoms with van der Waals surface area (Å²) in [5.74, 6) is 1.70. The monoisotopic (exact) mass is 309 g/mol. The van der Waals surface area contributed by atoms with E-state index in [1.807, 2.05) is 19.0 Å². The van der Waals surface area contributed by atoms with Gasteiger partial charge in [0.15, 0.2) is 5.82 Å². The molecule has 0 bridgehead atoms. The molecule has 6 heteroatoms. The van der Waals surface area contributed by atoms with Crippen LogP contribution in [0.25, 0.3) is 0 Å². The molecule has 1 saturated carbocycles. The van der Waals surface area contributed by atoms with Gasteiger partial charge in [-0.05, 0) is 23.5 Å². The number of hydrogen-bond acceptors (Lipinski definition) is 4. The van der Waals surface area contributed by atoms with Crippen molar-refractivity contribution in [3.05, 3.63) is 47.9 Å². The van der Waals surface area contributed by atoms with Crippen molar-refractivity contribution in [3.63, 3.8) is 0 Å². The van der Waals surface area contributed by atoms with Crippen molar-refractivity contribution in [1.29, 1.82) is 0 Å². The molecule has 0 saturated heterocycles. The first-order valence-electron chi connectivity index (χ1n) is 7.78. The minimum Gasteiger partial charge on any atom is -0.361 e. The summed E-state index contributed by atoms with van der Waals surface area (Å²) in [7, 11) is 3.77. The Balaban J connectivity index is 1.42. The molecule has 1 aromatic carbocycles. The molecule has 1 heterocycles. The number of anilines is 2. The molecule has 1 aromatic heterocycles. The molecular weight excluding hydrogens is 290 g/mol. The maximum Gasteiger partial charge on any atom is 0.319 e. The molecule has 2 aliphatic carbocycles. The van der Waals surface area contributed by atoms with Crippen molar-refractivity contribution in [2.24, 2.45) is 5.92 Å². The number of carbonyl (C=O) groups excluding carboxylic acids is 1. The van der Waals surface area contributed by atoms with Gasteiger partial charge in [-0.1, -0.05) is 24.3 Å². The molecule has 0 aliphatic heterocycles. The van der Waals surface area contributed by atoms with Gasteiger partial charge in [0, 0.05) is 26.1 Å². The van der Waals surface area contributed by atoms with Gasteiger partial charge >= 0.3 is 6.03 Å². The van der Waals surface area contributed by atoms with E-state index in [4.69, 9.17) is 0 Å². The van der Waals surface area contributed by atoms with Crippen LogP contribution in [0, 0.1) is 5.92 Å². The van der Waals surface area contributed by atoms with Crippen LogP contribution in [0.4, 0.5) is 16.3 Å². The van der Waals surface area contributed by atoms with E-state index in [1.54, 1.807) is 6.20 Å². The third-order valence-electron chi connectivity index (χ3n) is 4.70. The Hall–Kier alpha value is -2.63. The highest BCUT2D eigenvalue weighted by Gasteiger charge is 2.56. The maximum atomic E-state index is 12.3. The summed E-state index contributed by atoms with van der Waals surface area (Å²) in [5, 5.41) is 5.95. The highest BCUT2D eigenvalue weighted by atomic mass is 16.2. The highest BCUT2D eigenvalue weighted by Crippen LogP contribution is 2.56. The molecule has 0 radical (unpaired) electrons. The number of amides is 2.